The minimum atomic E-state index is -0.280. The molecule has 2 aromatic carbocycles. The fraction of sp³-hybridized carbons (Fsp3) is 0.348. The Hall–Kier alpha value is -2.75. The third-order valence-electron chi connectivity index (χ3n) is 5.87. The monoisotopic (exact) mass is 364 g/mol. The predicted molar refractivity (Wildman–Crippen MR) is 105 cm³/mol. The molecule has 1 fully saturated rings. The van der Waals surface area contributed by atoms with Crippen LogP contribution in [0.5, 0.6) is 11.5 Å². The lowest BCUT2D eigenvalue weighted by Gasteiger charge is -2.33. The quantitative estimate of drug-likeness (QED) is 0.739. The van der Waals surface area contributed by atoms with E-state index >= 15 is 0 Å². The van der Waals surface area contributed by atoms with E-state index in [9.17, 15) is 4.79 Å². The molecule has 0 bridgehead atoms. The smallest absolute Gasteiger partial charge is 0.338 e. The number of hydrogen-bond donors (Lipinski definition) is 0. The molecule has 1 saturated carbocycles. The van der Waals surface area contributed by atoms with Gasteiger partial charge >= 0.3 is 5.97 Å². The van der Waals surface area contributed by atoms with Crippen LogP contribution in [0.1, 0.15) is 41.9 Å². The number of benzene rings is 2. The Morgan fingerprint density at radius 3 is 2.22 bits per heavy atom. The third-order valence-corrected chi connectivity index (χ3v) is 5.87. The maximum atomic E-state index is 12.8. The summed E-state index contributed by atoms with van der Waals surface area (Å²) < 4.78 is 15.9. The van der Waals surface area contributed by atoms with Gasteiger partial charge in [0.1, 0.15) is 11.5 Å². The van der Waals surface area contributed by atoms with Gasteiger partial charge in [0.25, 0.3) is 0 Å². The second-order valence-electron chi connectivity index (χ2n) is 7.11. The van der Waals surface area contributed by atoms with Crippen LogP contribution in [0.25, 0.3) is 11.1 Å². The van der Waals surface area contributed by atoms with E-state index in [2.05, 4.69) is 6.07 Å². The van der Waals surface area contributed by atoms with Gasteiger partial charge in [-0.2, -0.15) is 0 Å². The lowest BCUT2D eigenvalue weighted by Crippen LogP contribution is -2.21. The topological polar surface area (TPSA) is 44.8 Å². The molecule has 0 amide bonds. The Balaban J connectivity index is 1.97. The molecule has 4 heteroatoms. The molecule has 2 aromatic rings. The van der Waals surface area contributed by atoms with Crippen LogP contribution in [0.2, 0.25) is 0 Å². The maximum Gasteiger partial charge on any atom is 0.338 e. The molecule has 2 aliphatic carbocycles. The molecule has 0 aromatic heterocycles. The van der Waals surface area contributed by atoms with Crippen molar-refractivity contribution in [1.29, 1.82) is 0 Å². The largest absolute Gasteiger partial charge is 0.497 e. The van der Waals surface area contributed by atoms with Crippen LogP contribution < -0.4 is 9.47 Å². The lowest BCUT2D eigenvalue weighted by molar-refractivity contribution is -0.133. The van der Waals surface area contributed by atoms with Crippen LogP contribution in [-0.2, 0) is 9.53 Å². The first-order valence-corrected chi connectivity index (χ1v) is 9.33. The van der Waals surface area contributed by atoms with E-state index in [0.29, 0.717) is 17.4 Å². The molecule has 2 atom stereocenters. The summed E-state index contributed by atoms with van der Waals surface area (Å²) in [7, 11) is 4.78. The molecule has 0 spiro atoms. The first-order valence-electron chi connectivity index (χ1n) is 9.33. The number of hydrogen-bond acceptors (Lipinski definition) is 4. The Labute approximate surface area is 159 Å². The number of esters is 1. The number of carbonyl (C=O) groups excluding carboxylic acids is 1. The van der Waals surface area contributed by atoms with E-state index in [-0.39, 0.29) is 5.97 Å². The zero-order chi connectivity index (χ0) is 19.0. The molecule has 140 valence electrons. The van der Waals surface area contributed by atoms with Gasteiger partial charge in [0.15, 0.2) is 0 Å². The number of methoxy groups -OCH3 is 3. The van der Waals surface area contributed by atoms with Gasteiger partial charge < -0.3 is 14.2 Å². The van der Waals surface area contributed by atoms with E-state index in [0.717, 1.165) is 47.5 Å². The summed E-state index contributed by atoms with van der Waals surface area (Å²) in [4.78, 5) is 12.8. The van der Waals surface area contributed by atoms with Crippen molar-refractivity contribution in [3.8, 4) is 11.5 Å². The minimum absolute atomic E-state index is 0.280. The van der Waals surface area contributed by atoms with Crippen molar-refractivity contribution in [2.75, 3.05) is 21.3 Å². The van der Waals surface area contributed by atoms with Gasteiger partial charge in [-0.15, -0.1) is 0 Å². The van der Waals surface area contributed by atoms with Crippen molar-refractivity contribution in [1.82, 2.24) is 0 Å². The first-order chi connectivity index (χ1) is 13.2. The zero-order valence-electron chi connectivity index (χ0n) is 16.0. The van der Waals surface area contributed by atoms with Crippen molar-refractivity contribution in [2.45, 2.75) is 25.2 Å². The normalized spacial score (nSPS) is 20.7. The van der Waals surface area contributed by atoms with Crippen LogP contribution >= 0.6 is 0 Å². The molecule has 0 heterocycles. The number of fused-ring (bicyclic) bond motifs is 3. The average molecular weight is 364 g/mol. The van der Waals surface area contributed by atoms with Gasteiger partial charge in [0.05, 0.1) is 26.9 Å². The number of carbonyl (C=O) groups is 1. The highest BCUT2D eigenvalue weighted by Gasteiger charge is 2.41. The molecular formula is C23H24O4. The highest BCUT2D eigenvalue weighted by Crippen LogP contribution is 2.55. The van der Waals surface area contributed by atoms with E-state index in [1.54, 1.807) is 14.2 Å². The third kappa shape index (κ3) is 2.89. The molecule has 27 heavy (non-hydrogen) atoms. The molecule has 0 saturated heterocycles. The van der Waals surface area contributed by atoms with Crippen molar-refractivity contribution < 1.29 is 19.0 Å². The van der Waals surface area contributed by atoms with Gasteiger partial charge in [-0.05, 0) is 71.2 Å². The van der Waals surface area contributed by atoms with Crippen molar-refractivity contribution in [3.05, 3.63) is 59.2 Å². The van der Waals surface area contributed by atoms with Gasteiger partial charge in [-0.25, -0.2) is 4.79 Å². The fourth-order valence-electron chi connectivity index (χ4n) is 4.66. The molecule has 2 aliphatic rings. The van der Waals surface area contributed by atoms with E-state index in [4.69, 9.17) is 14.2 Å². The van der Waals surface area contributed by atoms with Crippen molar-refractivity contribution in [2.24, 2.45) is 5.92 Å². The molecule has 0 N–H and O–H groups in total. The summed E-state index contributed by atoms with van der Waals surface area (Å²) in [5.41, 5.74) is 5.02. The SMILES string of the molecule is COC(=O)C1=C(c2ccc(OC)cc2)[C@H]2CCC[C@H]2c2cc(OC)ccc21. The first kappa shape index (κ1) is 17.7. The van der Waals surface area contributed by atoms with Gasteiger partial charge in [-0.3, -0.25) is 0 Å². The van der Waals surface area contributed by atoms with E-state index < -0.39 is 0 Å². The second-order valence-corrected chi connectivity index (χ2v) is 7.11. The predicted octanol–water partition coefficient (Wildman–Crippen LogP) is 4.68. The van der Waals surface area contributed by atoms with Crippen molar-refractivity contribution >= 4 is 17.1 Å². The van der Waals surface area contributed by atoms with E-state index in [1.807, 2.05) is 36.4 Å². The highest BCUT2D eigenvalue weighted by atomic mass is 16.5. The number of rotatable bonds is 4. The van der Waals surface area contributed by atoms with Crippen LogP contribution in [0.3, 0.4) is 0 Å². The molecule has 0 aliphatic heterocycles. The van der Waals surface area contributed by atoms with Gasteiger partial charge in [0.2, 0.25) is 0 Å². The summed E-state index contributed by atoms with van der Waals surface area (Å²) in [5, 5.41) is 0. The fourth-order valence-corrected chi connectivity index (χ4v) is 4.66. The Morgan fingerprint density at radius 1 is 0.889 bits per heavy atom. The summed E-state index contributed by atoms with van der Waals surface area (Å²) in [5.74, 6) is 2.07. The lowest BCUT2D eigenvalue weighted by atomic mass is 9.71. The zero-order valence-corrected chi connectivity index (χ0v) is 16.0. The summed E-state index contributed by atoms with van der Waals surface area (Å²) in [6.45, 7) is 0. The molecule has 4 rings (SSSR count). The number of ether oxygens (including phenoxy) is 3. The van der Waals surface area contributed by atoms with E-state index in [1.165, 1.54) is 12.7 Å². The summed E-state index contributed by atoms with van der Waals surface area (Å²) in [6.07, 6.45) is 3.35. The Bertz CT molecular complexity index is 895. The Kier molecular flexibility index (Phi) is 4.65. The van der Waals surface area contributed by atoms with Crippen LogP contribution in [0.4, 0.5) is 0 Å². The standard InChI is InChI=1S/C23H24O4/c1-25-15-9-7-14(8-10-15)21-18-6-4-5-17(18)20-13-16(26-2)11-12-19(20)22(21)23(24)27-3/h7-13,17-18H,4-6H2,1-3H3/t17-,18+/m1/s1. The number of allylic oxidation sites excluding steroid dienone is 1. The Morgan fingerprint density at radius 2 is 1.56 bits per heavy atom. The summed E-state index contributed by atoms with van der Waals surface area (Å²) in [6, 6.07) is 14.0. The van der Waals surface area contributed by atoms with Crippen LogP contribution in [0.15, 0.2) is 42.5 Å². The maximum absolute atomic E-state index is 12.8. The van der Waals surface area contributed by atoms with Gasteiger partial charge in [-0.1, -0.05) is 24.6 Å². The molecular weight excluding hydrogens is 340 g/mol. The van der Waals surface area contributed by atoms with Crippen LogP contribution in [-0.4, -0.2) is 27.3 Å². The highest BCUT2D eigenvalue weighted by molar-refractivity contribution is 6.26. The van der Waals surface area contributed by atoms with Crippen LogP contribution in [0, 0.1) is 5.92 Å². The minimum Gasteiger partial charge on any atom is -0.497 e. The molecule has 0 unspecified atom stereocenters. The van der Waals surface area contributed by atoms with Crippen molar-refractivity contribution in [3.63, 3.8) is 0 Å². The second kappa shape index (κ2) is 7.10. The molecule has 4 nitrogen and oxygen atoms in total. The average Bonchev–Trinajstić information content (AvgIpc) is 3.21. The molecule has 0 radical (unpaired) electrons. The summed E-state index contributed by atoms with van der Waals surface area (Å²) >= 11 is 0. The van der Waals surface area contributed by atoms with Gasteiger partial charge in [0, 0.05) is 0 Å².